The lowest BCUT2D eigenvalue weighted by molar-refractivity contribution is 0.0692. The molecule has 1 aromatic carbocycles. The number of aromatic nitrogens is 1. The normalized spacial score (nSPS) is 15.1. The average molecular weight is 272 g/mol. The minimum absolute atomic E-state index is 0.0517. The lowest BCUT2D eigenvalue weighted by Crippen LogP contribution is -2.12. The number of rotatable bonds is 3. The summed E-state index contributed by atoms with van der Waals surface area (Å²) >= 11 is 0. The van der Waals surface area contributed by atoms with E-state index in [4.69, 9.17) is 15.6 Å². The molecule has 104 valence electrons. The summed E-state index contributed by atoms with van der Waals surface area (Å²) in [6.45, 7) is 0. The molecule has 0 unspecified atom stereocenters. The second-order valence-corrected chi connectivity index (χ2v) is 5.12. The van der Waals surface area contributed by atoms with Crippen LogP contribution in [0.4, 0.5) is 5.69 Å². The highest BCUT2D eigenvalue weighted by Gasteiger charge is 2.23. The maximum Gasteiger partial charge on any atom is 0.341 e. The number of anilines is 1. The standard InChI is InChI=1S/C15H16N2O3/c1-20-14-11(15(18)19)7-9-5-6-10(8-3-2-4-8)12(16)13(9)17-14/h5-8H,2-4,16H2,1H3,(H,18,19). The summed E-state index contributed by atoms with van der Waals surface area (Å²) in [4.78, 5) is 15.5. The van der Waals surface area contributed by atoms with Crippen LogP contribution in [0, 0.1) is 0 Å². The van der Waals surface area contributed by atoms with E-state index < -0.39 is 5.97 Å². The highest BCUT2D eigenvalue weighted by molar-refractivity contribution is 5.99. The van der Waals surface area contributed by atoms with Crippen LogP contribution in [0.5, 0.6) is 5.88 Å². The van der Waals surface area contributed by atoms with Gasteiger partial charge in [-0.25, -0.2) is 9.78 Å². The highest BCUT2D eigenvalue weighted by Crippen LogP contribution is 2.41. The van der Waals surface area contributed by atoms with Crippen LogP contribution in [0.2, 0.25) is 0 Å². The smallest absolute Gasteiger partial charge is 0.341 e. The van der Waals surface area contributed by atoms with E-state index in [1.54, 1.807) is 6.07 Å². The van der Waals surface area contributed by atoms with Crippen molar-refractivity contribution in [3.8, 4) is 5.88 Å². The van der Waals surface area contributed by atoms with Crippen molar-refractivity contribution in [1.29, 1.82) is 0 Å². The molecule has 5 nitrogen and oxygen atoms in total. The fourth-order valence-electron chi connectivity index (χ4n) is 2.64. The molecule has 1 aliphatic rings. The number of hydrogen-bond donors (Lipinski definition) is 2. The SMILES string of the molecule is COc1nc2c(N)c(C3CCC3)ccc2cc1C(=O)O. The number of benzene rings is 1. The molecular weight excluding hydrogens is 256 g/mol. The van der Waals surface area contributed by atoms with Crippen LogP contribution in [-0.2, 0) is 0 Å². The Balaban J connectivity index is 2.21. The Morgan fingerprint density at radius 2 is 2.20 bits per heavy atom. The van der Waals surface area contributed by atoms with Crippen molar-refractivity contribution in [3.05, 3.63) is 29.3 Å². The van der Waals surface area contributed by atoms with Crippen molar-refractivity contribution >= 4 is 22.6 Å². The van der Waals surface area contributed by atoms with Gasteiger partial charge in [-0.05, 0) is 30.4 Å². The van der Waals surface area contributed by atoms with Crippen LogP contribution in [0.1, 0.15) is 41.1 Å². The Bertz CT molecular complexity index is 693. The molecule has 3 rings (SSSR count). The Morgan fingerprint density at radius 1 is 1.45 bits per heavy atom. The minimum atomic E-state index is -1.06. The first-order valence-electron chi connectivity index (χ1n) is 6.62. The van der Waals surface area contributed by atoms with Crippen molar-refractivity contribution in [1.82, 2.24) is 4.98 Å². The van der Waals surface area contributed by atoms with Gasteiger partial charge in [0.15, 0.2) is 0 Å². The Kier molecular flexibility index (Phi) is 2.97. The summed E-state index contributed by atoms with van der Waals surface area (Å²) in [5.74, 6) is -0.452. The first-order valence-corrected chi connectivity index (χ1v) is 6.62. The van der Waals surface area contributed by atoms with Crippen molar-refractivity contribution < 1.29 is 14.6 Å². The molecule has 0 spiro atoms. The number of carboxylic acids is 1. The highest BCUT2D eigenvalue weighted by atomic mass is 16.5. The number of fused-ring (bicyclic) bond motifs is 1. The van der Waals surface area contributed by atoms with Gasteiger partial charge in [0.2, 0.25) is 5.88 Å². The third-order valence-electron chi connectivity index (χ3n) is 3.99. The average Bonchev–Trinajstić information content (AvgIpc) is 2.38. The van der Waals surface area contributed by atoms with E-state index in [-0.39, 0.29) is 11.4 Å². The van der Waals surface area contributed by atoms with Gasteiger partial charge in [-0.15, -0.1) is 0 Å². The molecule has 3 N–H and O–H groups in total. The molecule has 0 aliphatic heterocycles. The van der Waals surface area contributed by atoms with E-state index in [0.717, 1.165) is 23.8 Å². The molecular formula is C15H16N2O3. The monoisotopic (exact) mass is 272 g/mol. The number of hydrogen-bond acceptors (Lipinski definition) is 4. The van der Waals surface area contributed by atoms with Crippen LogP contribution in [0.25, 0.3) is 10.9 Å². The van der Waals surface area contributed by atoms with E-state index >= 15 is 0 Å². The summed E-state index contributed by atoms with van der Waals surface area (Å²) < 4.78 is 5.06. The predicted octanol–water partition coefficient (Wildman–Crippen LogP) is 2.79. The lowest BCUT2D eigenvalue weighted by Gasteiger charge is -2.27. The maximum absolute atomic E-state index is 11.2. The van der Waals surface area contributed by atoms with Crippen molar-refractivity contribution in [3.63, 3.8) is 0 Å². The molecule has 0 amide bonds. The number of carbonyl (C=O) groups is 1. The molecule has 20 heavy (non-hydrogen) atoms. The number of nitrogens with zero attached hydrogens (tertiary/aromatic N) is 1. The topological polar surface area (TPSA) is 85.4 Å². The van der Waals surface area contributed by atoms with Gasteiger partial charge in [0.05, 0.1) is 18.3 Å². The summed E-state index contributed by atoms with van der Waals surface area (Å²) in [5.41, 5.74) is 8.64. The molecule has 0 radical (unpaired) electrons. The Labute approximate surface area is 116 Å². The molecule has 1 heterocycles. The van der Waals surface area contributed by atoms with Crippen LogP contribution in [-0.4, -0.2) is 23.2 Å². The van der Waals surface area contributed by atoms with Crippen LogP contribution in [0.3, 0.4) is 0 Å². The number of nitrogen functional groups attached to an aromatic ring is 1. The molecule has 0 saturated heterocycles. The van der Waals surface area contributed by atoms with E-state index in [1.165, 1.54) is 13.5 Å². The number of aromatic carboxylic acids is 1. The van der Waals surface area contributed by atoms with Crippen LogP contribution in [0.15, 0.2) is 18.2 Å². The van der Waals surface area contributed by atoms with Crippen molar-refractivity contribution in [2.24, 2.45) is 0 Å². The summed E-state index contributed by atoms with van der Waals surface area (Å²) in [5, 5.41) is 9.89. The second kappa shape index (κ2) is 4.67. The number of pyridine rings is 1. The zero-order chi connectivity index (χ0) is 14.3. The Hall–Kier alpha value is -2.30. The number of methoxy groups -OCH3 is 1. The van der Waals surface area contributed by atoms with Crippen LogP contribution >= 0.6 is 0 Å². The van der Waals surface area contributed by atoms with Crippen molar-refractivity contribution in [2.45, 2.75) is 25.2 Å². The van der Waals surface area contributed by atoms with Gasteiger partial charge in [0, 0.05) is 5.39 Å². The fourth-order valence-corrected chi connectivity index (χ4v) is 2.64. The van der Waals surface area contributed by atoms with Gasteiger partial charge in [0.1, 0.15) is 5.56 Å². The van der Waals surface area contributed by atoms with E-state index in [2.05, 4.69) is 4.98 Å². The van der Waals surface area contributed by atoms with E-state index in [9.17, 15) is 4.79 Å². The third-order valence-corrected chi connectivity index (χ3v) is 3.99. The molecule has 1 aromatic heterocycles. The molecule has 0 bridgehead atoms. The second-order valence-electron chi connectivity index (χ2n) is 5.12. The lowest BCUT2D eigenvalue weighted by atomic mass is 9.79. The van der Waals surface area contributed by atoms with Crippen molar-refractivity contribution in [2.75, 3.05) is 12.8 Å². The molecule has 1 saturated carbocycles. The van der Waals surface area contributed by atoms with E-state index in [1.807, 2.05) is 12.1 Å². The van der Waals surface area contributed by atoms with Crippen LogP contribution < -0.4 is 10.5 Å². The quantitative estimate of drug-likeness (QED) is 0.839. The molecule has 0 atom stereocenters. The summed E-state index contributed by atoms with van der Waals surface area (Å²) in [6, 6.07) is 5.43. The molecule has 1 aliphatic carbocycles. The first-order chi connectivity index (χ1) is 9.61. The largest absolute Gasteiger partial charge is 0.480 e. The number of nitrogens with two attached hydrogens (primary N) is 1. The first kappa shape index (κ1) is 12.7. The number of carboxylic acid groups (broad SMARTS) is 1. The minimum Gasteiger partial charge on any atom is -0.480 e. The van der Waals surface area contributed by atoms with E-state index in [0.29, 0.717) is 17.1 Å². The predicted molar refractivity (Wildman–Crippen MR) is 76.3 cm³/mol. The number of ether oxygens (including phenoxy) is 1. The third kappa shape index (κ3) is 1.86. The van der Waals surface area contributed by atoms with Gasteiger partial charge in [0.25, 0.3) is 0 Å². The molecule has 5 heteroatoms. The fraction of sp³-hybridized carbons (Fsp3) is 0.333. The summed E-state index contributed by atoms with van der Waals surface area (Å²) in [7, 11) is 1.41. The van der Waals surface area contributed by atoms with Gasteiger partial charge in [-0.3, -0.25) is 0 Å². The maximum atomic E-state index is 11.2. The zero-order valence-corrected chi connectivity index (χ0v) is 11.2. The molecule has 2 aromatic rings. The molecule has 1 fully saturated rings. The Morgan fingerprint density at radius 3 is 2.75 bits per heavy atom. The summed E-state index contributed by atoms with van der Waals surface area (Å²) in [6.07, 6.45) is 3.54. The van der Waals surface area contributed by atoms with Gasteiger partial charge < -0.3 is 15.6 Å². The van der Waals surface area contributed by atoms with Gasteiger partial charge >= 0.3 is 5.97 Å². The van der Waals surface area contributed by atoms with Gasteiger partial charge in [-0.2, -0.15) is 0 Å². The van der Waals surface area contributed by atoms with Gasteiger partial charge in [-0.1, -0.05) is 18.6 Å². The zero-order valence-electron chi connectivity index (χ0n) is 11.2.